The molecule has 2 N–H and O–H groups in total. The molecule has 0 unspecified atom stereocenters. The highest BCUT2D eigenvalue weighted by Crippen LogP contribution is 2.22. The van der Waals surface area contributed by atoms with Crippen molar-refractivity contribution in [1.82, 2.24) is 0 Å². The van der Waals surface area contributed by atoms with E-state index in [0.29, 0.717) is 30.0 Å². The normalized spacial score (nSPS) is 19.4. The number of aliphatic imine (C=N–C) groups is 1. The summed E-state index contributed by atoms with van der Waals surface area (Å²) in [6.07, 6.45) is 1.22. The van der Waals surface area contributed by atoms with Crippen LogP contribution in [-0.4, -0.2) is 18.7 Å². The molecule has 5 heteroatoms. The Labute approximate surface area is 98.1 Å². The van der Waals surface area contributed by atoms with E-state index in [9.17, 15) is 4.39 Å². The lowest BCUT2D eigenvalue weighted by Gasteiger charge is -2.07. The van der Waals surface area contributed by atoms with Gasteiger partial charge in [-0.1, -0.05) is 17.7 Å². The van der Waals surface area contributed by atoms with Gasteiger partial charge in [0.25, 0.3) is 6.02 Å². The molecule has 1 atom stereocenters. The number of halogens is 2. The lowest BCUT2D eigenvalue weighted by molar-refractivity contribution is 0.307. The van der Waals surface area contributed by atoms with Crippen LogP contribution in [0.1, 0.15) is 12.0 Å². The number of rotatable bonds is 3. The summed E-state index contributed by atoms with van der Waals surface area (Å²) >= 11 is 5.91. The second-order valence-electron chi connectivity index (χ2n) is 3.67. The molecule has 86 valence electrons. The minimum atomic E-state index is -0.275. The Balaban J connectivity index is 2.00. The van der Waals surface area contributed by atoms with Gasteiger partial charge in [-0.2, -0.15) is 0 Å². The molecule has 0 saturated heterocycles. The first-order valence-corrected chi connectivity index (χ1v) is 5.43. The largest absolute Gasteiger partial charge is 0.463 e. The van der Waals surface area contributed by atoms with Gasteiger partial charge < -0.3 is 10.5 Å². The zero-order valence-electron chi connectivity index (χ0n) is 8.62. The number of benzene rings is 1. The summed E-state index contributed by atoms with van der Waals surface area (Å²) in [7, 11) is 0. The molecule has 2 rings (SSSR count). The summed E-state index contributed by atoms with van der Waals surface area (Å²) in [5.41, 5.74) is 5.91. The molecule has 1 aromatic rings. The van der Waals surface area contributed by atoms with Crippen LogP contribution in [-0.2, 0) is 11.2 Å². The first kappa shape index (κ1) is 11.2. The highest BCUT2D eigenvalue weighted by Gasteiger charge is 2.17. The monoisotopic (exact) mass is 242 g/mol. The fourth-order valence-corrected chi connectivity index (χ4v) is 1.92. The van der Waals surface area contributed by atoms with Crippen molar-refractivity contribution in [2.75, 3.05) is 6.61 Å². The summed E-state index contributed by atoms with van der Waals surface area (Å²) in [6, 6.07) is 4.91. The van der Waals surface area contributed by atoms with Crippen LogP contribution in [0.5, 0.6) is 0 Å². The molecule has 16 heavy (non-hydrogen) atoms. The zero-order chi connectivity index (χ0) is 11.5. The van der Waals surface area contributed by atoms with Crippen LogP contribution in [0.2, 0.25) is 5.02 Å². The second-order valence-corrected chi connectivity index (χ2v) is 4.08. The molecular weight excluding hydrogens is 231 g/mol. The van der Waals surface area contributed by atoms with Crippen LogP contribution in [0.4, 0.5) is 4.39 Å². The summed E-state index contributed by atoms with van der Waals surface area (Å²) in [5.74, 6) is -0.275. The van der Waals surface area contributed by atoms with Crippen molar-refractivity contribution in [3.8, 4) is 0 Å². The minimum absolute atomic E-state index is 0.00988. The molecule has 1 aliphatic rings. The van der Waals surface area contributed by atoms with E-state index < -0.39 is 0 Å². The fourth-order valence-electron chi connectivity index (χ4n) is 1.67. The van der Waals surface area contributed by atoms with Crippen molar-refractivity contribution < 1.29 is 9.13 Å². The predicted molar refractivity (Wildman–Crippen MR) is 61.1 cm³/mol. The Morgan fingerprint density at radius 1 is 1.56 bits per heavy atom. The molecule has 0 radical (unpaired) electrons. The zero-order valence-corrected chi connectivity index (χ0v) is 9.38. The van der Waals surface area contributed by atoms with E-state index in [2.05, 4.69) is 4.99 Å². The van der Waals surface area contributed by atoms with E-state index >= 15 is 0 Å². The summed E-state index contributed by atoms with van der Waals surface area (Å²) < 4.78 is 18.4. The molecule has 0 spiro atoms. The van der Waals surface area contributed by atoms with E-state index in [0.717, 1.165) is 0 Å². The summed E-state index contributed by atoms with van der Waals surface area (Å²) in [4.78, 5) is 4.07. The van der Waals surface area contributed by atoms with Gasteiger partial charge in [0.2, 0.25) is 0 Å². The maximum absolute atomic E-state index is 13.4. The standard InChI is InChI=1S/C11H12ClFN2O/c12-9-2-1-3-10(13)8(9)5-4-7-6-16-11(14)15-7/h1-3,7H,4-6H2,(H2,14,15)/t7-/m0/s1. The Morgan fingerprint density at radius 2 is 2.38 bits per heavy atom. The lowest BCUT2D eigenvalue weighted by Crippen LogP contribution is -2.10. The van der Waals surface area contributed by atoms with Crippen molar-refractivity contribution in [1.29, 1.82) is 0 Å². The molecule has 0 saturated carbocycles. The van der Waals surface area contributed by atoms with E-state index in [1.165, 1.54) is 6.07 Å². The average molecular weight is 243 g/mol. The van der Waals surface area contributed by atoms with Gasteiger partial charge in [0.15, 0.2) is 0 Å². The van der Waals surface area contributed by atoms with Crippen LogP contribution in [0.25, 0.3) is 0 Å². The molecule has 1 aliphatic heterocycles. The third-order valence-corrected chi connectivity index (χ3v) is 2.88. The van der Waals surface area contributed by atoms with Gasteiger partial charge in [0, 0.05) is 10.6 Å². The average Bonchev–Trinajstić information content (AvgIpc) is 2.63. The van der Waals surface area contributed by atoms with Gasteiger partial charge in [0.05, 0.1) is 6.04 Å². The van der Waals surface area contributed by atoms with Gasteiger partial charge >= 0.3 is 0 Å². The quantitative estimate of drug-likeness (QED) is 0.883. The van der Waals surface area contributed by atoms with Gasteiger partial charge in [-0.15, -0.1) is 0 Å². The number of ether oxygens (including phenoxy) is 1. The van der Waals surface area contributed by atoms with Crippen LogP contribution in [0.3, 0.4) is 0 Å². The minimum Gasteiger partial charge on any atom is -0.463 e. The maximum Gasteiger partial charge on any atom is 0.282 e. The number of nitrogens with zero attached hydrogens (tertiary/aromatic N) is 1. The van der Waals surface area contributed by atoms with E-state index in [1.54, 1.807) is 12.1 Å². The Hall–Kier alpha value is -1.29. The Kier molecular flexibility index (Phi) is 3.29. The summed E-state index contributed by atoms with van der Waals surface area (Å²) in [6.45, 7) is 0.470. The fraction of sp³-hybridized carbons (Fsp3) is 0.364. The topological polar surface area (TPSA) is 47.6 Å². The van der Waals surface area contributed by atoms with Crippen molar-refractivity contribution in [3.63, 3.8) is 0 Å². The third kappa shape index (κ3) is 2.44. The number of amidine groups is 1. The Bertz CT molecular complexity index is 402. The van der Waals surface area contributed by atoms with Crippen LogP contribution < -0.4 is 5.73 Å². The van der Waals surface area contributed by atoms with Crippen molar-refractivity contribution in [3.05, 3.63) is 34.6 Å². The smallest absolute Gasteiger partial charge is 0.282 e. The van der Waals surface area contributed by atoms with Gasteiger partial charge in [-0.25, -0.2) is 9.38 Å². The highest BCUT2D eigenvalue weighted by atomic mass is 35.5. The molecule has 0 bridgehead atoms. The van der Waals surface area contributed by atoms with Gasteiger partial charge in [0.1, 0.15) is 12.4 Å². The van der Waals surface area contributed by atoms with Gasteiger partial charge in [-0.3, -0.25) is 0 Å². The van der Waals surface area contributed by atoms with Crippen molar-refractivity contribution >= 4 is 17.6 Å². The number of hydrogen-bond acceptors (Lipinski definition) is 3. The van der Waals surface area contributed by atoms with Crippen molar-refractivity contribution in [2.45, 2.75) is 18.9 Å². The third-order valence-electron chi connectivity index (χ3n) is 2.52. The molecule has 1 aromatic carbocycles. The molecule has 0 amide bonds. The first-order chi connectivity index (χ1) is 7.66. The highest BCUT2D eigenvalue weighted by molar-refractivity contribution is 6.31. The molecule has 0 aliphatic carbocycles. The molecule has 0 fully saturated rings. The van der Waals surface area contributed by atoms with E-state index in [1.807, 2.05) is 0 Å². The number of hydrogen-bond donors (Lipinski definition) is 1. The first-order valence-electron chi connectivity index (χ1n) is 5.06. The van der Waals surface area contributed by atoms with E-state index in [4.69, 9.17) is 22.1 Å². The van der Waals surface area contributed by atoms with Crippen LogP contribution in [0, 0.1) is 5.82 Å². The molecular formula is C11H12ClFN2O. The predicted octanol–water partition coefficient (Wildman–Crippen LogP) is 2.13. The SMILES string of the molecule is NC1=N[C@@H](CCc2c(F)cccc2Cl)CO1. The molecule has 3 nitrogen and oxygen atoms in total. The number of nitrogens with two attached hydrogens (primary N) is 1. The van der Waals surface area contributed by atoms with Gasteiger partial charge in [-0.05, 0) is 25.0 Å². The van der Waals surface area contributed by atoms with Crippen LogP contribution >= 0.6 is 11.6 Å². The van der Waals surface area contributed by atoms with Crippen molar-refractivity contribution in [2.24, 2.45) is 10.7 Å². The lowest BCUT2D eigenvalue weighted by atomic mass is 10.1. The maximum atomic E-state index is 13.4. The Morgan fingerprint density at radius 3 is 3.00 bits per heavy atom. The summed E-state index contributed by atoms with van der Waals surface area (Å²) in [5, 5.41) is 0.455. The second kappa shape index (κ2) is 4.70. The molecule has 0 aromatic heterocycles. The molecule has 1 heterocycles. The van der Waals surface area contributed by atoms with E-state index in [-0.39, 0.29) is 17.9 Å². The van der Waals surface area contributed by atoms with Crippen LogP contribution in [0.15, 0.2) is 23.2 Å².